The van der Waals surface area contributed by atoms with Crippen LogP contribution in [0.4, 0.5) is 10.5 Å². The number of rotatable bonds is 5. The first-order valence-corrected chi connectivity index (χ1v) is 6.68. The zero-order chi connectivity index (χ0) is 16.0. The van der Waals surface area contributed by atoms with Crippen molar-refractivity contribution in [2.75, 3.05) is 32.9 Å². The van der Waals surface area contributed by atoms with Crippen LogP contribution in [-0.2, 0) is 0 Å². The van der Waals surface area contributed by atoms with Crippen molar-refractivity contribution < 1.29 is 9.59 Å². The predicted molar refractivity (Wildman–Crippen MR) is 80.0 cm³/mol. The molecule has 8 nitrogen and oxygen atoms in total. The average Bonchev–Trinajstić information content (AvgIpc) is 2.43. The van der Waals surface area contributed by atoms with Gasteiger partial charge in [0, 0.05) is 33.1 Å². The van der Waals surface area contributed by atoms with Gasteiger partial charge in [-0.05, 0) is 0 Å². The highest BCUT2D eigenvalue weighted by Gasteiger charge is 2.14. The van der Waals surface area contributed by atoms with Gasteiger partial charge < -0.3 is 21.3 Å². The van der Waals surface area contributed by atoms with Crippen LogP contribution in [0.15, 0.2) is 6.20 Å². The van der Waals surface area contributed by atoms with Gasteiger partial charge in [-0.1, -0.05) is 13.8 Å². The summed E-state index contributed by atoms with van der Waals surface area (Å²) >= 11 is 0. The Hall–Kier alpha value is -2.38. The molecule has 116 valence electrons. The summed E-state index contributed by atoms with van der Waals surface area (Å²) in [5, 5.41) is 5.30. The molecule has 21 heavy (non-hydrogen) atoms. The van der Waals surface area contributed by atoms with Crippen LogP contribution in [0, 0.1) is 0 Å². The summed E-state index contributed by atoms with van der Waals surface area (Å²) in [5.74, 6) is 0.294. The minimum atomic E-state index is -0.379. The monoisotopic (exact) mass is 294 g/mol. The Morgan fingerprint density at radius 2 is 1.90 bits per heavy atom. The van der Waals surface area contributed by atoms with E-state index in [0.717, 1.165) is 0 Å². The molecule has 1 heterocycles. The number of carbonyl (C=O) groups excluding carboxylic acids is 2. The second kappa shape index (κ2) is 7.41. The van der Waals surface area contributed by atoms with E-state index in [0.29, 0.717) is 18.9 Å². The largest absolute Gasteiger partial charge is 0.396 e. The summed E-state index contributed by atoms with van der Waals surface area (Å²) in [4.78, 5) is 33.0. The van der Waals surface area contributed by atoms with E-state index in [1.807, 2.05) is 13.8 Å². The molecule has 0 aromatic carbocycles. The number of aromatic nitrogens is 2. The van der Waals surface area contributed by atoms with E-state index in [1.165, 1.54) is 11.1 Å². The van der Waals surface area contributed by atoms with E-state index in [-0.39, 0.29) is 29.2 Å². The van der Waals surface area contributed by atoms with Gasteiger partial charge in [0.25, 0.3) is 5.91 Å². The number of nitrogen functional groups attached to an aromatic ring is 1. The maximum atomic E-state index is 12.0. The van der Waals surface area contributed by atoms with E-state index < -0.39 is 0 Å². The molecule has 8 heteroatoms. The van der Waals surface area contributed by atoms with Gasteiger partial charge in [0.1, 0.15) is 5.82 Å². The number of nitrogens with zero attached hydrogens (tertiary/aromatic N) is 3. The molecule has 0 fully saturated rings. The zero-order valence-corrected chi connectivity index (χ0v) is 12.8. The van der Waals surface area contributed by atoms with Crippen molar-refractivity contribution in [3.8, 4) is 0 Å². The minimum Gasteiger partial charge on any atom is -0.396 e. The predicted octanol–water partition coefficient (Wildman–Crippen LogP) is 0.183. The molecule has 1 aromatic rings. The summed E-state index contributed by atoms with van der Waals surface area (Å²) in [6.45, 7) is 4.48. The Balaban J connectivity index is 2.56. The molecule has 0 aliphatic heterocycles. The van der Waals surface area contributed by atoms with Crippen LogP contribution < -0.4 is 16.4 Å². The first-order valence-electron chi connectivity index (χ1n) is 6.68. The van der Waals surface area contributed by atoms with Gasteiger partial charge in [-0.3, -0.25) is 4.79 Å². The molecule has 3 amide bonds. The number of hydrogen-bond acceptors (Lipinski definition) is 5. The Morgan fingerprint density at radius 3 is 2.48 bits per heavy atom. The molecule has 0 aliphatic carbocycles. The molecular weight excluding hydrogens is 272 g/mol. The lowest BCUT2D eigenvalue weighted by Gasteiger charge is -2.12. The number of nitrogens with two attached hydrogens (primary N) is 1. The molecule has 1 rings (SSSR count). The highest BCUT2D eigenvalue weighted by atomic mass is 16.2. The molecule has 0 saturated heterocycles. The molecule has 0 spiro atoms. The third kappa shape index (κ3) is 4.90. The van der Waals surface area contributed by atoms with Crippen LogP contribution in [0.3, 0.4) is 0 Å². The third-order valence-corrected chi connectivity index (χ3v) is 2.66. The van der Waals surface area contributed by atoms with E-state index in [4.69, 9.17) is 5.73 Å². The highest BCUT2D eigenvalue weighted by molar-refractivity contribution is 5.96. The number of amides is 3. The molecule has 0 atom stereocenters. The molecule has 0 saturated carbocycles. The Bertz CT molecular complexity index is 515. The number of carbonyl (C=O) groups is 2. The molecule has 4 N–H and O–H groups in total. The zero-order valence-electron chi connectivity index (χ0n) is 12.8. The Morgan fingerprint density at radius 1 is 1.29 bits per heavy atom. The molecule has 0 unspecified atom stereocenters. The highest BCUT2D eigenvalue weighted by Crippen LogP contribution is 2.13. The van der Waals surface area contributed by atoms with Gasteiger partial charge >= 0.3 is 6.03 Å². The molecule has 0 bridgehead atoms. The van der Waals surface area contributed by atoms with E-state index in [1.54, 1.807) is 14.1 Å². The van der Waals surface area contributed by atoms with Crippen molar-refractivity contribution in [1.82, 2.24) is 25.5 Å². The standard InChI is InChI=1S/C13H22N6O2/c1-8(2)11-17-7-9(14)10(18-11)12(20)15-5-6-16-13(21)19(3)4/h7-8H,5-6,14H2,1-4H3,(H,15,20)(H,16,21). The van der Waals surface area contributed by atoms with Gasteiger partial charge in [0.2, 0.25) is 0 Å². The quantitative estimate of drug-likeness (QED) is 0.671. The van der Waals surface area contributed by atoms with Gasteiger partial charge in [0.15, 0.2) is 5.69 Å². The van der Waals surface area contributed by atoms with Crippen molar-refractivity contribution in [2.24, 2.45) is 0 Å². The lowest BCUT2D eigenvalue weighted by atomic mass is 10.2. The summed E-state index contributed by atoms with van der Waals surface area (Å²) in [6.07, 6.45) is 1.44. The summed E-state index contributed by atoms with van der Waals surface area (Å²) in [6, 6.07) is -0.215. The Kier molecular flexibility index (Phi) is 5.89. The number of nitrogens with one attached hydrogen (secondary N) is 2. The molecular formula is C13H22N6O2. The van der Waals surface area contributed by atoms with Gasteiger partial charge in [-0.2, -0.15) is 0 Å². The number of hydrogen-bond donors (Lipinski definition) is 3. The van der Waals surface area contributed by atoms with Crippen molar-refractivity contribution in [3.63, 3.8) is 0 Å². The van der Waals surface area contributed by atoms with Gasteiger partial charge in [0.05, 0.1) is 11.9 Å². The summed E-state index contributed by atoms with van der Waals surface area (Å²) in [5.41, 5.74) is 6.11. The van der Waals surface area contributed by atoms with E-state index in [9.17, 15) is 9.59 Å². The van der Waals surface area contributed by atoms with E-state index in [2.05, 4.69) is 20.6 Å². The lowest BCUT2D eigenvalue weighted by molar-refractivity contribution is 0.0949. The van der Waals surface area contributed by atoms with Crippen molar-refractivity contribution >= 4 is 17.6 Å². The van der Waals surface area contributed by atoms with Crippen LogP contribution in [0.5, 0.6) is 0 Å². The van der Waals surface area contributed by atoms with Crippen molar-refractivity contribution in [2.45, 2.75) is 19.8 Å². The molecule has 0 aliphatic rings. The van der Waals surface area contributed by atoms with Crippen molar-refractivity contribution in [1.29, 1.82) is 0 Å². The third-order valence-electron chi connectivity index (χ3n) is 2.66. The fourth-order valence-corrected chi connectivity index (χ4v) is 1.45. The fraction of sp³-hybridized carbons (Fsp3) is 0.538. The fourth-order valence-electron chi connectivity index (χ4n) is 1.45. The topological polar surface area (TPSA) is 113 Å². The maximum absolute atomic E-state index is 12.0. The smallest absolute Gasteiger partial charge is 0.316 e. The van der Waals surface area contributed by atoms with Gasteiger partial charge in [-0.15, -0.1) is 0 Å². The van der Waals surface area contributed by atoms with E-state index >= 15 is 0 Å². The normalized spacial score (nSPS) is 10.3. The lowest BCUT2D eigenvalue weighted by Crippen LogP contribution is -2.39. The average molecular weight is 294 g/mol. The maximum Gasteiger partial charge on any atom is 0.316 e. The first-order chi connectivity index (χ1) is 9.82. The van der Waals surface area contributed by atoms with Crippen LogP contribution >= 0.6 is 0 Å². The summed E-state index contributed by atoms with van der Waals surface area (Å²) < 4.78 is 0. The second-order valence-corrected chi connectivity index (χ2v) is 5.07. The van der Waals surface area contributed by atoms with Crippen LogP contribution in [0.25, 0.3) is 0 Å². The summed E-state index contributed by atoms with van der Waals surface area (Å²) in [7, 11) is 3.28. The first kappa shape index (κ1) is 16.7. The molecule has 0 radical (unpaired) electrons. The molecule has 1 aromatic heterocycles. The Labute approximate surface area is 124 Å². The van der Waals surface area contributed by atoms with Crippen LogP contribution in [0.1, 0.15) is 36.1 Å². The van der Waals surface area contributed by atoms with Crippen LogP contribution in [-0.4, -0.2) is 54.0 Å². The number of urea groups is 1. The SMILES string of the molecule is CC(C)c1ncc(N)c(C(=O)NCCNC(=O)N(C)C)n1. The van der Waals surface area contributed by atoms with Crippen molar-refractivity contribution in [3.05, 3.63) is 17.7 Å². The van der Waals surface area contributed by atoms with Gasteiger partial charge in [-0.25, -0.2) is 14.8 Å². The second-order valence-electron chi connectivity index (χ2n) is 5.07. The number of anilines is 1. The minimum absolute atomic E-state index is 0.108. The van der Waals surface area contributed by atoms with Crippen LogP contribution in [0.2, 0.25) is 0 Å².